The zero-order valence-electron chi connectivity index (χ0n) is 10.7. The molecule has 1 unspecified atom stereocenters. The van der Waals surface area contributed by atoms with E-state index in [0.29, 0.717) is 13.0 Å². The molecule has 0 radical (unpaired) electrons. The van der Waals surface area contributed by atoms with E-state index in [4.69, 9.17) is 6.42 Å². The van der Waals surface area contributed by atoms with Gasteiger partial charge in [0.1, 0.15) is 11.6 Å². The van der Waals surface area contributed by atoms with Crippen LogP contribution in [0, 0.1) is 12.3 Å². The van der Waals surface area contributed by atoms with Crippen molar-refractivity contribution in [3.63, 3.8) is 0 Å². The molecule has 0 saturated carbocycles. The largest absolute Gasteiger partial charge is 0.340 e. The Balaban J connectivity index is 2.64. The Morgan fingerprint density at radius 1 is 1.41 bits per heavy atom. The molecule has 0 bridgehead atoms. The lowest BCUT2D eigenvalue weighted by molar-refractivity contribution is -0.152. The highest BCUT2D eigenvalue weighted by molar-refractivity contribution is 5.99. The molecule has 1 heterocycles. The zero-order chi connectivity index (χ0) is 13.1. The Bertz CT molecular complexity index is 355. The summed E-state index contributed by atoms with van der Waals surface area (Å²) >= 11 is 0. The van der Waals surface area contributed by atoms with E-state index < -0.39 is 5.54 Å². The maximum atomic E-state index is 12.1. The van der Waals surface area contributed by atoms with E-state index in [0.717, 1.165) is 12.8 Å². The van der Waals surface area contributed by atoms with Crippen LogP contribution in [-0.2, 0) is 9.59 Å². The highest BCUT2D eigenvalue weighted by Crippen LogP contribution is 2.18. The first-order valence-corrected chi connectivity index (χ1v) is 5.96. The van der Waals surface area contributed by atoms with Crippen LogP contribution in [0.3, 0.4) is 0 Å². The van der Waals surface area contributed by atoms with Crippen molar-refractivity contribution in [1.29, 1.82) is 0 Å². The standard InChI is InChI=1S/C13H20N2O2/c1-5-6-7-8-9-15-10(2)11(16)14-13(3,4)12(15)17/h1,10H,6-9H2,2-4H3,(H,14,16). The zero-order valence-corrected chi connectivity index (χ0v) is 10.7. The number of hydrogen-bond acceptors (Lipinski definition) is 2. The predicted molar refractivity (Wildman–Crippen MR) is 66.1 cm³/mol. The van der Waals surface area contributed by atoms with Gasteiger partial charge in [0, 0.05) is 13.0 Å². The van der Waals surface area contributed by atoms with Crippen LogP contribution in [0.25, 0.3) is 0 Å². The summed E-state index contributed by atoms with van der Waals surface area (Å²) in [6.07, 6.45) is 7.61. The van der Waals surface area contributed by atoms with Crippen LogP contribution in [0.1, 0.15) is 40.0 Å². The van der Waals surface area contributed by atoms with Crippen LogP contribution < -0.4 is 5.32 Å². The van der Waals surface area contributed by atoms with E-state index >= 15 is 0 Å². The van der Waals surface area contributed by atoms with Gasteiger partial charge in [-0.2, -0.15) is 0 Å². The molecule has 1 fully saturated rings. The number of carbonyl (C=O) groups excluding carboxylic acids is 2. The van der Waals surface area contributed by atoms with E-state index in [-0.39, 0.29) is 17.9 Å². The van der Waals surface area contributed by atoms with Gasteiger partial charge < -0.3 is 10.2 Å². The van der Waals surface area contributed by atoms with Crippen molar-refractivity contribution in [2.45, 2.75) is 51.6 Å². The lowest BCUT2D eigenvalue weighted by Crippen LogP contribution is -2.67. The van der Waals surface area contributed by atoms with Crippen molar-refractivity contribution in [2.24, 2.45) is 0 Å². The first kappa shape index (κ1) is 13.6. The first-order chi connectivity index (χ1) is 7.90. The van der Waals surface area contributed by atoms with Crippen LogP contribution in [-0.4, -0.2) is 34.8 Å². The molecule has 1 aliphatic rings. The number of unbranched alkanes of at least 4 members (excludes halogenated alkanes) is 2. The molecule has 4 nitrogen and oxygen atoms in total. The third kappa shape index (κ3) is 3.00. The maximum absolute atomic E-state index is 12.1. The molecule has 0 aromatic carbocycles. The Kier molecular flexibility index (Phi) is 4.17. The topological polar surface area (TPSA) is 49.4 Å². The van der Waals surface area contributed by atoms with Gasteiger partial charge in [-0.3, -0.25) is 9.59 Å². The molecule has 0 aliphatic carbocycles. The molecule has 0 aromatic heterocycles. The fourth-order valence-corrected chi connectivity index (χ4v) is 1.95. The van der Waals surface area contributed by atoms with Gasteiger partial charge in [0.15, 0.2) is 0 Å². The number of rotatable bonds is 4. The van der Waals surface area contributed by atoms with Crippen molar-refractivity contribution in [3.8, 4) is 12.3 Å². The number of nitrogens with one attached hydrogen (secondary N) is 1. The molecular weight excluding hydrogens is 216 g/mol. The summed E-state index contributed by atoms with van der Waals surface area (Å²) in [5, 5.41) is 2.72. The minimum Gasteiger partial charge on any atom is -0.340 e. The number of carbonyl (C=O) groups is 2. The highest BCUT2D eigenvalue weighted by Gasteiger charge is 2.42. The number of nitrogens with zero attached hydrogens (tertiary/aromatic N) is 1. The van der Waals surface area contributed by atoms with Crippen LogP contribution in [0.4, 0.5) is 0 Å². The summed E-state index contributed by atoms with van der Waals surface area (Å²) in [4.78, 5) is 25.5. The molecule has 2 amide bonds. The summed E-state index contributed by atoms with van der Waals surface area (Å²) < 4.78 is 0. The van der Waals surface area contributed by atoms with Crippen LogP contribution in [0.2, 0.25) is 0 Å². The van der Waals surface area contributed by atoms with Crippen LogP contribution in [0.5, 0.6) is 0 Å². The SMILES string of the molecule is C#CCCCCN1C(=O)C(C)(C)NC(=O)C1C. The second kappa shape index (κ2) is 5.22. The van der Waals surface area contributed by atoms with Gasteiger partial charge in [-0.05, 0) is 33.6 Å². The van der Waals surface area contributed by atoms with Gasteiger partial charge in [-0.15, -0.1) is 12.3 Å². The van der Waals surface area contributed by atoms with E-state index in [1.165, 1.54) is 0 Å². The Labute approximate surface area is 103 Å². The average molecular weight is 236 g/mol. The third-order valence-corrected chi connectivity index (χ3v) is 3.05. The Morgan fingerprint density at radius 3 is 2.65 bits per heavy atom. The number of hydrogen-bond donors (Lipinski definition) is 1. The molecule has 4 heteroatoms. The lowest BCUT2D eigenvalue weighted by atomic mass is 9.97. The molecule has 17 heavy (non-hydrogen) atoms. The van der Waals surface area contributed by atoms with Crippen molar-refractivity contribution < 1.29 is 9.59 Å². The van der Waals surface area contributed by atoms with E-state index in [9.17, 15) is 9.59 Å². The monoisotopic (exact) mass is 236 g/mol. The fraction of sp³-hybridized carbons (Fsp3) is 0.692. The average Bonchev–Trinajstić information content (AvgIpc) is 2.25. The third-order valence-electron chi connectivity index (χ3n) is 3.05. The van der Waals surface area contributed by atoms with E-state index in [2.05, 4.69) is 11.2 Å². The first-order valence-electron chi connectivity index (χ1n) is 5.96. The molecule has 0 aromatic rings. The van der Waals surface area contributed by atoms with Gasteiger partial charge in [0.2, 0.25) is 11.8 Å². The van der Waals surface area contributed by atoms with Crippen LogP contribution in [0.15, 0.2) is 0 Å². The number of amides is 2. The van der Waals surface area contributed by atoms with E-state index in [1.807, 2.05) is 0 Å². The van der Waals surface area contributed by atoms with Crippen LogP contribution >= 0.6 is 0 Å². The quantitative estimate of drug-likeness (QED) is 0.583. The summed E-state index contributed by atoms with van der Waals surface area (Å²) in [7, 11) is 0. The van der Waals surface area contributed by atoms with Crippen molar-refractivity contribution in [2.75, 3.05) is 6.54 Å². The molecule has 0 spiro atoms. The predicted octanol–water partition coefficient (Wildman–Crippen LogP) is 0.915. The second-order valence-electron chi connectivity index (χ2n) is 4.95. The Hall–Kier alpha value is -1.50. The van der Waals surface area contributed by atoms with Gasteiger partial charge in [-0.25, -0.2) is 0 Å². The van der Waals surface area contributed by atoms with Crippen molar-refractivity contribution in [3.05, 3.63) is 0 Å². The second-order valence-corrected chi connectivity index (χ2v) is 4.95. The molecular formula is C13H20N2O2. The summed E-state index contributed by atoms with van der Waals surface area (Å²) in [6.45, 7) is 5.81. The summed E-state index contributed by atoms with van der Waals surface area (Å²) in [5.74, 6) is 2.46. The minimum atomic E-state index is -0.796. The number of terminal acetylenes is 1. The summed E-state index contributed by atoms with van der Waals surface area (Å²) in [6, 6.07) is -0.388. The highest BCUT2D eigenvalue weighted by atomic mass is 16.2. The molecule has 94 valence electrons. The van der Waals surface area contributed by atoms with Gasteiger partial charge in [0.25, 0.3) is 0 Å². The smallest absolute Gasteiger partial charge is 0.248 e. The van der Waals surface area contributed by atoms with Crippen molar-refractivity contribution in [1.82, 2.24) is 10.2 Å². The minimum absolute atomic E-state index is 0.0229. The van der Waals surface area contributed by atoms with Crippen molar-refractivity contribution >= 4 is 11.8 Å². The van der Waals surface area contributed by atoms with E-state index in [1.54, 1.807) is 25.7 Å². The summed E-state index contributed by atoms with van der Waals surface area (Å²) in [5.41, 5.74) is -0.796. The van der Waals surface area contributed by atoms with Gasteiger partial charge in [-0.1, -0.05) is 0 Å². The molecule has 1 atom stereocenters. The fourth-order valence-electron chi connectivity index (χ4n) is 1.95. The normalized spacial score (nSPS) is 23.2. The number of piperazine rings is 1. The Morgan fingerprint density at radius 2 is 2.06 bits per heavy atom. The van der Waals surface area contributed by atoms with Gasteiger partial charge >= 0.3 is 0 Å². The molecule has 1 saturated heterocycles. The lowest BCUT2D eigenvalue weighted by Gasteiger charge is -2.41. The van der Waals surface area contributed by atoms with Gasteiger partial charge in [0.05, 0.1) is 0 Å². The maximum Gasteiger partial charge on any atom is 0.248 e. The molecule has 1 N–H and O–H groups in total. The molecule has 1 rings (SSSR count). The molecule has 1 aliphatic heterocycles.